The van der Waals surface area contributed by atoms with Gasteiger partial charge in [0, 0.05) is 37.3 Å². The normalized spacial score (nSPS) is 22.6. The molecule has 1 aromatic heterocycles. The van der Waals surface area contributed by atoms with Crippen molar-refractivity contribution in [2.24, 2.45) is 4.99 Å². The van der Waals surface area contributed by atoms with E-state index in [-0.39, 0.29) is 0 Å². The van der Waals surface area contributed by atoms with Crippen molar-refractivity contribution in [3.05, 3.63) is 16.1 Å². The van der Waals surface area contributed by atoms with Crippen molar-refractivity contribution in [2.75, 3.05) is 32.8 Å². The van der Waals surface area contributed by atoms with E-state index < -0.39 is 0 Å². The minimum atomic E-state index is 0.318. The molecular weight excluding hydrogens is 336 g/mol. The third kappa shape index (κ3) is 5.66. The van der Waals surface area contributed by atoms with Crippen LogP contribution in [0, 0.1) is 6.92 Å². The van der Waals surface area contributed by atoms with Crippen LogP contribution in [0.2, 0.25) is 0 Å². The van der Waals surface area contributed by atoms with E-state index in [2.05, 4.69) is 29.0 Å². The van der Waals surface area contributed by atoms with Gasteiger partial charge in [0.1, 0.15) is 5.01 Å². The Morgan fingerprint density at radius 2 is 2.28 bits per heavy atom. The molecule has 25 heavy (non-hydrogen) atoms. The van der Waals surface area contributed by atoms with E-state index in [0.29, 0.717) is 18.8 Å². The number of nitrogens with zero attached hydrogens (tertiary/aromatic N) is 3. The van der Waals surface area contributed by atoms with E-state index in [1.807, 2.05) is 6.20 Å². The summed E-state index contributed by atoms with van der Waals surface area (Å²) in [7, 11) is 0. The van der Waals surface area contributed by atoms with Crippen LogP contribution in [-0.4, -0.2) is 60.9 Å². The standard InChI is InChI=1S/C18H30N4O2S/c1-3-19-18(21-12-17-20-11-14(2)25-17)22-8-6-15(7-9-22)24-13-16-5-4-10-23-16/h11,15-16H,3-10,12-13H2,1-2H3,(H,19,21). The van der Waals surface area contributed by atoms with E-state index >= 15 is 0 Å². The summed E-state index contributed by atoms with van der Waals surface area (Å²) in [5.41, 5.74) is 0. The second-order valence-electron chi connectivity index (χ2n) is 6.69. The highest BCUT2D eigenvalue weighted by Crippen LogP contribution is 2.18. The average Bonchev–Trinajstić information content (AvgIpc) is 3.29. The van der Waals surface area contributed by atoms with Crippen molar-refractivity contribution in [1.29, 1.82) is 0 Å². The van der Waals surface area contributed by atoms with E-state index in [1.54, 1.807) is 11.3 Å². The van der Waals surface area contributed by atoms with Gasteiger partial charge in [0.25, 0.3) is 0 Å². The Morgan fingerprint density at radius 3 is 2.92 bits per heavy atom. The van der Waals surface area contributed by atoms with Crippen molar-refractivity contribution in [2.45, 2.75) is 58.3 Å². The molecule has 0 aliphatic carbocycles. The number of hydrogen-bond acceptors (Lipinski definition) is 5. The fraction of sp³-hybridized carbons (Fsp3) is 0.778. The molecule has 0 saturated carbocycles. The first-order valence-electron chi connectivity index (χ1n) is 9.42. The van der Waals surface area contributed by atoms with Gasteiger partial charge in [-0.15, -0.1) is 11.3 Å². The lowest BCUT2D eigenvalue weighted by Crippen LogP contribution is -2.47. The molecule has 1 unspecified atom stereocenters. The van der Waals surface area contributed by atoms with Crippen LogP contribution in [-0.2, 0) is 16.0 Å². The second kappa shape index (κ2) is 9.50. The maximum Gasteiger partial charge on any atom is 0.194 e. The third-order valence-corrected chi connectivity index (χ3v) is 5.55. The van der Waals surface area contributed by atoms with Gasteiger partial charge in [-0.05, 0) is 39.5 Å². The summed E-state index contributed by atoms with van der Waals surface area (Å²) in [6.45, 7) is 9.34. The lowest BCUT2D eigenvalue weighted by molar-refractivity contribution is -0.0367. The minimum absolute atomic E-state index is 0.318. The van der Waals surface area contributed by atoms with E-state index in [1.165, 1.54) is 11.3 Å². The van der Waals surface area contributed by atoms with Crippen LogP contribution in [0.15, 0.2) is 11.2 Å². The molecule has 0 aromatic carbocycles. The van der Waals surface area contributed by atoms with Gasteiger partial charge in [-0.1, -0.05) is 0 Å². The summed E-state index contributed by atoms with van der Waals surface area (Å²) in [6, 6.07) is 0. The average molecular weight is 367 g/mol. The number of piperidine rings is 1. The fourth-order valence-corrected chi connectivity index (χ4v) is 4.01. The Balaban J connectivity index is 1.46. The molecule has 0 amide bonds. The maximum atomic E-state index is 6.07. The minimum Gasteiger partial charge on any atom is -0.376 e. The van der Waals surface area contributed by atoms with E-state index in [9.17, 15) is 0 Å². The molecule has 3 heterocycles. The van der Waals surface area contributed by atoms with Gasteiger partial charge < -0.3 is 19.7 Å². The Kier molecular flexibility index (Phi) is 7.07. The SMILES string of the molecule is CCNC(=NCc1ncc(C)s1)N1CCC(OCC2CCCO2)CC1. The summed E-state index contributed by atoms with van der Waals surface area (Å²) in [6.07, 6.45) is 7.00. The van der Waals surface area contributed by atoms with Crippen molar-refractivity contribution in [1.82, 2.24) is 15.2 Å². The van der Waals surface area contributed by atoms with Gasteiger partial charge in [-0.2, -0.15) is 0 Å². The second-order valence-corrected chi connectivity index (χ2v) is 8.01. The molecule has 2 aliphatic heterocycles. The number of rotatable bonds is 6. The van der Waals surface area contributed by atoms with Gasteiger partial charge in [0.2, 0.25) is 0 Å². The highest BCUT2D eigenvalue weighted by molar-refractivity contribution is 7.11. The number of likely N-dealkylation sites (tertiary alicyclic amines) is 1. The van der Waals surface area contributed by atoms with Gasteiger partial charge in [-0.25, -0.2) is 9.98 Å². The molecule has 2 fully saturated rings. The number of aryl methyl sites for hydroxylation is 1. The predicted molar refractivity (Wildman–Crippen MR) is 101 cm³/mol. The number of nitrogens with one attached hydrogen (secondary N) is 1. The maximum absolute atomic E-state index is 6.07. The molecule has 2 saturated heterocycles. The number of thiazole rings is 1. The third-order valence-electron chi connectivity index (χ3n) is 4.65. The molecule has 3 rings (SSSR count). The number of guanidine groups is 1. The molecule has 0 bridgehead atoms. The molecule has 1 N–H and O–H groups in total. The summed E-state index contributed by atoms with van der Waals surface area (Å²) in [5.74, 6) is 0.993. The van der Waals surface area contributed by atoms with Gasteiger partial charge in [0.15, 0.2) is 5.96 Å². The molecule has 0 radical (unpaired) electrons. The Labute approximate surface area is 154 Å². The zero-order chi connectivity index (χ0) is 17.5. The first kappa shape index (κ1) is 18.6. The van der Waals surface area contributed by atoms with E-state index in [4.69, 9.17) is 14.5 Å². The molecule has 2 aliphatic rings. The van der Waals surface area contributed by atoms with Crippen molar-refractivity contribution in [3.8, 4) is 0 Å². The number of aromatic nitrogens is 1. The van der Waals surface area contributed by atoms with Crippen molar-refractivity contribution in [3.63, 3.8) is 0 Å². The Bertz CT molecular complexity index is 549. The fourth-order valence-electron chi connectivity index (χ4n) is 3.30. The molecule has 1 atom stereocenters. The van der Waals surface area contributed by atoms with Crippen LogP contribution >= 0.6 is 11.3 Å². The first-order chi connectivity index (χ1) is 12.2. The summed E-state index contributed by atoms with van der Waals surface area (Å²) < 4.78 is 11.7. The molecular formula is C18H30N4O2S. The predicted octanol–water partition coefficient (Wildman–Crippen LogP) is 2.58. The Hall–Kier alpha value is -1.18. The highest BCUT2D eigenvalue weighted by Gasteiger charge is 2.24. The van der Waals surface area contributed by atoms with Crippen LogP contribution in [0.4, 0.5) is 0 Å². The van der Waals surface area contributed by atoms with Crippen molar-refractivity contribution < 1.29 is 9.47 Å². The number of ether oxygens (including phenoxy) is 2. The summed E-state index contributed by atoms with van der Waals surface area (Å²) in [4.78, 5) is 12.8. The zero-order valence-corrected chi connectivity index (χ0v) is 16.2. The lowest BCUT2D eigenvalue weighted by atomic mass is 10.1. The van der Waals surface area contributed by atoms with Gasteiger partial charge in [-0.3, -0.25) is 0 Å². The van der Waals surface area contributed by atoms with Crippen LogP contribution in [0.25, 0.3) is 0 Å². The molecule has 140 valence electrons. The summed E-state index contributed by atoms with van der Waals surface area (Å²) >= 11 is 1.72. The number of hydrogen-bond donors (Lipinski definition) is 1. The highest BCUT2D eigenvalue weighted by atomic mass is 32.1. The zero-order valence-electron chi connectivity index (χ0n) is 15.4. The molecule has 0 spiro atoms. The smallest absolute Gasteiger partial charge is 0.194 e. The van der Waals surface area contributed by atoms with Gasteiger partial charge in [0.05, 0.1) is 25.4 Å². The lowest BCUT2D eigenvalue weighted by Gasteiger charge is -2.34. The van der Waals surface area contributed by atoms with Crippen LogP contribution < -0.4 is 5.32 Å². The Morgan fingerprint density at radius 1 is 1.44 bits per heavy atom. The van der Waals surface area contributed by atoms with Gasteiger partial charge >= 0.3 is 0 Å². The van der Waals surface area contributed by atoms with E-state index in [0.717, 1.165) is 63.1 Å². The molecule has 1 aromatic rings. The molecule has 7 heteroatoms. The summed E-state index contributed by atoms with van der Waals surface area (Å²) in [5, 5.41) is 4.48. The first-order valence-corrected chi connectivity index (χ1v) is 10.2. The topological polar surface area (TPSA) is 59.0 Å². The number of aliphatic imine (C=N–C) groups is 1. The van der Waals surface area contributed by atoms with Crippen LogP contribution in [0.1, 0.15) is 42.5 Å². The molecule has 6 nitrogen and oxygen atoms in total. The quantitative estimate of drug-likeness (QED) is 0.619. The largest absolute Gasteiger partial charge is 0.376 e. The van der Waals surface area contributed by atoms with Crippen LogP contribution in [0.3, 0.4) is 0 Å². The van der Waals surface area contributed by atoms with Crippen LogP contribution in [0.5, 0.6) is 0 Å². The monoisotopic (exact) mass is 366 g/mol. The van der Waals surface area contributed by atoms with Crippen molar-refractivity contribution >= 4 is 17.3 Å².